The largest absolute Gasteiger partial charge is 0.264 e. The Kier molecular flexibility index (Phi) is 14.6. The molecule has 8 nitrogen and oxygen atoms in total. The van der Waals surface area contributed by atoms with Gasteiger partial charge in [-0.05, 0) is 136 Å². The van der Waals surface area contributed by atoms with Crippen LogP contribution in [0.3, 0.4) is 0 Å². The fourth-order valence-electron chi connectivity index (χ4n) is 15.2. The van der Waals surface area contributed by atoms with Gasteiger partial charge in [-0.25, -0.2) is 29.9 Å². The minimum absolute atomic E-state index is 0.000239. The molecular formula is C92H62N8. The first kappa shape index (κ1) is 59.5. The molecule has 0 radical (unpaired) electrons. The second-order valence-corrected chi connectivity index (χ2v) is 26.2. The van der Waals surface area contributed by atoms with Gasteiger partial charge in [-0.1, -0.05) is 305 Å². The molecule has 19 rings (SSSR count). The van der Waals surface area contributed by atoms with Crippen LogP contribution in [0.5, 0.6) is 0 Å². The Bertz CT molecular complexity index is 5720. The number of fused-ring (bicyclic) bond motifs is 13. The third kappa shape index (κ3) is 10.3. The molecule has 4 aromatic heterocycles. The summed E-state index contributed by atoms with van der Waals surface area (Å²) in [4.78, 5) is 38.3. The van der Waals surface area contributed by atoms with Gasteiger partial charge in [0.15, 0.2) is 34.9 Å². The monoisotopic (exact) mass is 1280 g/mol. The first-order chi connectivity index (χ1) is 49.3. The Morgan fingerprint density at radius 1 is 0.190 bits per heavy atom. The molecule has 3 aliphatic carbocycles. The zero-order chi connectivity index (χ0) is 66.7. The molecule has 0 fully saturated rings. The maximum atomic E-state index is 5.02. The number of hydrogen-bond donors (Lipinski definition) is 0. The summed E-state index contributed by atoms with van der Waals surface area (Å²) in [7, 11) is 0. The van der Waals surface area contributed by atoms with Crippen molar-refractivity contribution in [2.45, 2.75) is 24.7 Å². The van der Waals surface area contributed by atoms with Gasteiger partial charge in [0.05, 0.1) is 5.41 Å². The van der Waals surface area contributed by atoms with Crippen molar-refractivity contribution in [3.8, 4) is 146 Å². The Labute approximate surface area is 580 Å². The number of hydrogen-bond acceptors (Lipinski definition) is 8. The summed E-state index contributed by atoms with van der Waals surface area (Å²) in [5.41, 5.74) is 30.3. The van der Waals surface area contributed by atoms with Crippen molar-refractivity contribution < 1.29 is 0 Å². The topological polar surface area (TPSA) is 103 Å². The lowest BCUT2D eigenvalue weighted by Crippen LogP contribution is -2.25. The van der Waals surface area contributed by atoms with Crippen LogP contribution in [0.15, 0.2) is 340 Å². The third-order valence-corrected chi connectivity index (χ3v) is 20.1. The Hall–Kier alpha value is -13.0. The van der Waals surface area contributed by atoms with Gasteiger partial charge in [0.1, 0.15) is 0 Å². The minimum Gasteiger partial charge on any atom is -0.264 e. The van der Waals surface area contributed by atoms with Gasteiger partial charge in [0.2, 0.25) is 0 Å². The molecule has 100 heavy (non-hydrogen) atoms. The lowest BCUT2D eigenvalue weighted by molar-refractivity contribution is 0.660. The van der Waals surface area contributed by atoms with E-state index >= 15 is 0 Å². The smallest absolute Gasteiger partial charge is 0.164 e. The number of benzene rings is 12. The van der Waals surface area contributed by atoms with E-state index in [0.29, 0.717) is 34.9 Å². The van der Waals surface area contributed by atoms with Crippen molar-refractivity contribution in [3.63, 3.8) is 0 Å². The molecule has 470 valence electrons. The van der Waals surface area contributed by atoms with Gasteiger partial charge in [0.25, 0.3) is 0 Å². The molecule has 0 amide bonds. The van der Waals surface area contributed by atoms with Crippen molar-refractivity contribution >= 4 is 0 Å². The van der Waals surface area contributed by atoms with Crippen LogP contribution in [0.4, 0.5) is 0 Å². The summed E-state index contributed by atoms with van der Waals surface area (Å²) < 4.78 is 0. The molecule has 1 spiro atoms. The van der Waals surface area contributed by atoms with E-state index < -0.39 is 0 Å². The molecule has 0 unspecified atom stereocenters. The van der Waals surface area contributed by atoms with Crippen LogP contribution in [0.1, 0.15) is 47.2 Å². The van der Waals surface area contributed by atoms with Crippen LogP contribution in [0.2, 0.25) is 0 Å². The summed E-state index contributed by atoms with van der Waals surface area (Å²) >= 11 is 0. The van der Waals surface area contributed by atoms with Gasteiger partial charge < -0.3 is 0 Å². The molecule has 16 aromatic rings. The highest BCUT2D eigenvalue weighted by atomic mass is 15.0. The first-order valence-corrected chi connectivity index (χ1v) is 33.8. The van der Waals surface area contributed by atoms with Crippen LogP contribution >= 0.6 is 0 Å². The van der Waals surface area contributed by atoms with E-state index in [-0.39, 0.29) is 10.8 Å². The van der Waals surface area contributed by atoms with Gasteiger partial charge in [0, 0.05) is 63.6 Å². The quantitative estimate of drug-likeness (QED) is 0.133. The zero-order valence-electron chi connectivity index (χ0n) is 54.9. The summed E-state index contributed by atoms with van der Waals surface area (Å²) in [5.74, 6) is 3.84. The number of rotatable bonds is 10. The predicted octanol–water partition coefficient (Wildman–Crippen LogP) is 21.9. The molecule has 3 aliphatic rings. The highest BCUT2D eigenvalue weighted by molar-refractivity contribution is 5.96. The van der Waals surface area contributed by atoms with Crippen LogP contribution < -0.4 is 0 Å². The lowest BCUT2D eigenvalue weighted by Gasteiger charge is -2.30. The maximum Gasteiger partial charge on any atom is 0.164 e. The summed E-state index contributed by atoms with van der Waals surface area (Å²) in [6.07, 6.45) is 7.32. The Morgan fingerprint density at radius 3 is 0.790 bits per heavy atom. The highest BCUT2D eigenvalue weighted by Crippen LogP contribution is 2.63. The third-order valence-electron chi connectivity index (χ3n) is 20.1. The van der Waals surface area contributed by atoms with Crippen molar-refractivity contribution in [1.82, 2.24) is 39.9 Å². The standard InChI is InChI=1S/C51H32N4.C41H30N4/c1-2-11-35(12-3-1)48-53-49(55-50(54-48)37-26-22-34(23-27-37)39-13-10-30-52-32-39)36-24-20-33(21-25-36)38-28-29-47-43(31-38)42-16-6-9-19-46(42)51(47)44-17-7-4-14-40(44)41-15-5-8-18-45(41)51;1-41(2)36-13-7-6-12-34(36)35-25-32(22-23-37(35)41)27-14-18-30(19-15-27)39-43-38(29-9-4-3-5-10-29)44-40(45-39)31-20-16-28(17-21-31)33-11-8-24-42-26-33/h1-32H;3-26H,1-2H3. The maximum absolute atomic E-state index is 5.02. The zero-order valence-corrected chi connectivity index (χ0v) is 54.9. The molecule has 0 aliphatic heterocycles. The van der Waals surface area contributed by atoms with E-state index in [0.717, 1.165) is 66.8 Å². The van der Waals surface area contributed by atoms with Crippen molar-refractivity contribution in [2.24, 2.45) is 0 Å². The van der Waals surface area contributed by atoms with E-state index in [9.17, 15) is 0 Å². The SMILES string of the molecule is CC1(C)c2ccccc2-c2cc(-c3ccc(-c4nc(-c5ccccc5)nc(-c5ccc(-c6cccnc6)cc5)n4)cc3)ccc21.c1ccc(-c2nc(-c3ccc(-c4cccnc4)cc3)nc(-c3ccc(-c4ccc5c(c4)-c4ccccc4C54c5ccccc5-c5ccccc54)cc3)n2)cc1. The van der Waals surface area contributed by atoms with E-state index in [2.05, 4.69) is 266 Å². The van der Waals surface area contributed by atoms with Crippen molar-refractivity contribution in [3.05, 3.63) is 374 Å². The van der Waals surface area contributed by atoms with E-state index in [1.54, 1.807) is 12.4 Å². The fourth-order valence-corrected chi connectivity index (χ4v) is 15.2. The van der Waals surface area contributed by atoms with Crippen LogP contribution in [-0.2, 0) is 10.8 Å². The Morgan fingerprint density at radius 2 is 0.430 bits per heavy atom. The lowest BCUT2D eigenvalue weighted by atomic mass is 9.70. The molecule has 12 aromatic carbocycles. The molecule has 0 saturated carbocycles. The molecule has 8 heteroatoms. The Balaban J connectivity index is 0.000000147. The van der Waals surface area contributed by atoms with Gasteiger partial charge >= 0.3 is 0 Å². The summed E-state index contributed by atoms with van der Waals surface area (Å²) in [5, 5.41) is 0. The van der Waals surface area contributed by atoms with Crippen molar-refractivity contribution in [1.29, 1.82) is 0 Å². The van der Waals surface area contributed by atoms with Crippen LogP contribution in [0.25, 0.3) is 146 Å². The first-order valence-electron chi connectivity index (χ1n) is 33.8. The molecule has 0 N–H and O–H groups in total. The fraction of sp³-hybridized carbons (Fsp3) is 0.0435. The highest BCUT2D eigenvalue weighted by Gasteiger charge is 2.51. The molecule has 0 atom stereocenters. The van der Waals surface area contributed by atoms with Crippen LogP contribution in [0, 0.1) is 0 Å². The van der Waals surface area contributed by atoms with Crippen LogP contribution in [-0.4, -0.2) is 39.9 Å². The predicted molar refractivity (Wildman–Crippen MR) is 403 cm³/mol. The number of pyridine rings is 2. The normalized spacial score (nSPS) is 12.9. The molecule has 4 heterocycles. The summed E-state index contributed by atoms with van der Waals surface area (Å²) in [6, 6.07) is 111. The minimum atomic E-state index is -0.340. The average Bonchev–Trinajstić information content (AvgIpc) is 1.51. The van der Waals surface area contributed by atoms with Gasteiger partial charge in [-0.15, -0.1) is 0 Å². The summed E-state index contributed by atoms with van der Waals surface area (Å²) in [6.45, 7) is 4.63. The van der Waals surface area contributed by atoms with Gasteiger partial charge in [-0.2, -0.15) is 0 Å². The van der Waals surface area contributed by atoms with Gasteiger partial charge in [-0.3, -0.25) is 9.97 Å². The molecular weight excluding hydrogens is 1220 g/mol. The second kappa shape index (κ2) is 24.6. The number of nitrogens with zero attached hydrogens (tertiary/aromatic N) is 8. The second-order valence-electron chi connectivity index (χ2n) is 26.2. The molecule has 0 bridgehead atoms. The number of aromatic nitrogens is 8. The van der Waals surface area contributed by atoms with E-state index in [1.165, 1.54) is 77.9 Å². The van der Waals surface area contributed by atoms with Crippen molar-refractivity contribution in [2.75, 3.05) is 0 Å². The van der Waals surface area contributed by atoms with E-state index in [4.69, 9.17) is 29.9 Å². The molecule has 0 saturated heterocycles. The average molecular weight is 1280 g/mol. The van der Waals surface area contributed by atoms with E-state index in [1.807, 2.05) is 85.2 Å².